The number of aromatic nitrogens is 1. The van der Waals surface area contributed by atoms with E-state index in [9.17, 15) is 9.90 Å². The molecule has 1 atom stereocenters. The van der Waals surface area contributed by atoms with Gasteiger partial charge in [-0.1, -0.05) is 12.1 Å². The molecule has 1 aromatic heterocycles. The molecule has 2 heterocycles. The molecule has 1 unspecified atom stereocenters. The quantitative estimate of drug-likeness (QED) is 0.776. The second-order valence-electron chi connectivity index (χ2n) is 5.50. The van der Waals surface area contributed by atoms with Crippen LogP contribution in [0.15, 0.2) is 35.7 Å². The van der Waals surface area contributed by atoms with E-state index in [1.165, 1.54) is 10.9 Å². The summed E-state index contributed by atoms with van der Waals surface area (Å²) < 4.78 is 0. The van der Waals surface area contributed by atoms with Gasteiger partial charge in [0.05, 0.1) is 5.57 Å². The van der Waals surface area contributed by atoms with E-state index in [2.05, 4.69) is 33.9 Å². The van der Waals surface area contributed by atoms with Crippen LogP contribution in [-0.4, -0.2) is 40.6 Å². The molecule has 1 aliphatic carbocycles. The predicted molar refractivity (Wildman–Crippen MR) is 76.5 cm³/mol. The Kier molecular flexibility index (Phi) is 2.22. The molecule has 4 rings (SSSR count). The lowest BCUT2D eigenvalue weighted by Crippen LogP contribution is -2.40. The first-order chi connectivity index (χ1) is 9.65. The van der Waals surface area contributed by atoms with Crippen molar-refractivity contribution in [2.45, 2.75) is 12.5 Å². The number of benzene rings is 1. The average Bonchev–Trinajstić information content (AvgIpc) is 2.84. The normalized spacial score (nSPS) is 21.4. The fraction of sp³-hybridized carbons (Fsp3) is 0.250. The molecule has 2 aliphatic rings. The Labute approximate surface area is 116 Å². The number of likely N-dealkylation sites (N-methyl/N-ethyl adjacent to an activating group) is 1. The molecule has 0 saturated heterocycles. The highest BCUT2D eigenvalue weighted by Gasteiger charge is 2.32. The third-order valence-electron chi connectivity index (χ3n) is 4.31. The summed E-state index contributed by atoms with van der Waals surface area (Å²) in [5.74, 6) is -0.880. The van der Waals surface area contributed by atoms with Gasteiger partial charge in [0, 0.05) is 35.3 Å². The minimum absolute atomic E-state index is 0.215. The summed E-state index contributed by atoms with van der Waals surface area (Å²) >= 11 is 0. The van der Waals surface area contributed by atoms with Crippen LogP contribution in [0, 0.1) is 0 Å². The summed E-state index contributed by atoms with van der Waals surface area (Å²) in [6.07, 6.45) is 2.97. The van der Waals surface area contributed by atoms with Crippen LogP contribution in [-0.2, 0) is 11.2 Å². The fourth-order valence-electron chi connectivity index (χ4n) is 3.34. The number of carboxylic acid groups (broad SMARTS) is 1. The lowest BCUT2D eigenvalue weighted by molar-refractivity contribution is -0.132. The zero-order valence-electron chi connectivity index (χ0n) is 11.1. The second kappa shape index (κ2) is 3.85. The van der Waals surface area contributed by atoms with Crippen molar-refractivity contribution < 1.29 is 9.90 Å². The van der Waals surface area contributed by atoms with E-state index in [1.807, 2.05) is 13.1 Å². The predicted octanol–water partition coefficient (Wildman–Crippen LogP) is 2.03. The number of rotatable bonds is 1. The molecule has 0 radical (unpaired) electrons. The molecule has 2 aromatic rings. The van der Waals surface area contributed by atoms with Gasteiger partial charge in [-0.3, -0.25) is 4.90 Å². The maximum Gasteiger partial charge on any atom is 0.340 e. The largest absolute Gasteiger partial charge is 0.477 e. The van der Waals surface area contributed by atoms with Crippen LogP contribution >= 0.6 is 0 Å². The zero-order valence-corrected chi connectivity index (χ0v) is 11.1. The van der Waals surface area contributed by atoms with Gasteiger partial charge >= 0.3 is 5.97 Å². The molecule has 2 N–H and O–H groups in total. The first-order valence-corrected chi connectivity index (χ1v) is 6.67. The Bertz CT molecular complexity index is 809. The highest BCUT2D eigenvalue weighted by Crippen LogP contribution is 2.39. The highest BCUT2D eigenvalue weighted by molar-refractivity contribution is 5.99. The molecule has 20 heavy (non-hydrogen) atoms. The first kappa shape index (κ1) is 11.5. The van der Waals surface area contributed by atoms with E-state index >= 15 is 0 Å². The summed E-state index contributed by atoms with van der Waals surface area (Å²) in [5.41, 5.74) is 8.03. The first-order valence-electron chi connectivity index (χ1n) is 6.67. The molecular weight excluding hydrogens is 252 g/mol. The monoisotopic (exact) mass is 266 g/mol. The fourth-order valence-corrected chi connectivity index (χ4v) is 3.34. The maximum atomic E-state index is 11.3. The highest BCUT2D eigenvalue weighted by atomic mass is 16.4. The standard InChI is InChI=1S/C16H14N2O2/c1-18-8-10(16(19)20)5-12-11-3-2-4-13-15(11)9(7-17-13)6-14(12)18/h2-4,7,14,17H,6,8H2,1H3,(H,19,20). The lowest BCUT2D eigenvalue weighted by atomic mass is 9.82. The molecule has 0 fully saturated rings. The summed E-state index contributed by atoms with van der Waals surface area (Å²) in [5, 5.41) is 10.5. The number of aliphatic carboxylic acids is 1. The van der Waals surface area contributed by atoms with E-state index in [-0.39, 0.29) is 6.04 Å². The molecular formula is C16H14N2O2. The summed E-state index contributed by atoms with van der Waals surface area (Å²) in [6.45, 7) is 0.444. The minimum atomic E-state index is -0.880. The van der Waals surface area contributed by atoms with Crippen LogP contribution in [0.5, 0.6) is 0 Å². The van der Waals surface area contributed by atoms with Crippen LogP contribution in [0.3, 0.4) is 0 Å². The third-order valence-corrected chi connectivity index (χ3v) is 4.31. The SMILES string of the molecule is CN1CC(C(=O)O)=C=C2c3cccc4[nH]cc(c34)CC21. The Morgan fingerprint density at radius 3 is 3.15 bits per heavy atom. The molecule has 0 amide bonds. The number of fused-ring (bicyclic) bond motifs is 2. The van der Waals surface area contributed by atoms with Gasteiger partial charge in [-0.05, 0) is 30.7 Å². The van der Waals surface area contributed by atoms with Crippen LogP contribution in [0.25, 0.3) is 16.5 Å². The van der Waals surface area contributed by atoms with Gasteiger partial charge in [0.25, 0.3) is 0 Å². The van der Waals surface area contributed by atoms with Crippen LogP contribution in [0.2, 0.25) is 0 Å². The molecule has 4 nitrogen and oxygen atoms in total. The number of hydrogen-bond acceptors (Lipinski definition) is 2. The molecule has 100 valence electrons. The average molecular weight is 266 g/mol. The molecule has 0 saturated carbocycles. The van der Waals surface area contributed by atoms with Gasteiger partial charge in [0.1, 0.15) is 0 Å². The second-order valence-corrected chi connectivity index (χ2v) is 5.50. The number of aromatic amines is 1. The Morgan fingerprint density at radius 2 is 2.35 bits per heavy atom. The number of H-pyrrole nitrogens is 1. The Balaban J connectivity index is 2.07. The number of hydrogen-bond donors (Lipinski definition) is 2. The van der Waals surface area contributed by atoms with E-state index < -0.39 is 5.97 Å². The topological polar surface area (TPSA) is 56.3 Å². The molecule has 1 aliphatic heterocycles. The van der Waals surface area contributed by atoms with E-state index in [1.54, 1.807) is 0 Å². The van der Waals surface area contributed by atoms with Crippen molar-refractivity contribution in [1.82, 2.24) is 9.88 Å². The van der Waals surface area contributed by atoms with Crippen LogP contribution in [0.4, 0.5) is 0 Å². The number of carboxylic acids is 1. The molecule has 1 aromatic carbocycles. The number of nitrogens with one attached hydrogen (secondary N) is 1. The summed E-state index contributed by atoms with van der Waals surface area (Å²) in [7, 11) is 1.98. The van der Waals surface area contributed by atoms with Gasteiger partial charge in [-0.15, -0.1) is 5.73 Å². The third kappa shape index (κ3) is 1.43. The Morgan fingerprint density at radius 1 is 1.50 bits per heavy atom. The van der Waals surface area contributed by atoms with Crippen LogP contribution in [0.1, 0.15) is 11.1 Å². The number of nitrogens with zero attached hydrogens (tertiary/aromatic N) is 1. The van der Waals surface area contributed by atoms with Crippen molar-refractivity contribution in [3.05, 3.63) is 46.8 Å². The molecule has 4 heteroatoms. The van der Waals surface area contributed by atoms with Gasteiger partial charge in [-0.25, -0.2) is 4.79 Å². The van der Waals surface area contributed by atoms with E-state index in [4.69, 9.17) is 0 Å². The Hall–Kier alpha value is -2.29. The smallest absolute Gasteiger partial charge is 0.340 e. The summed E-state index contributed by atoms with van der Waals surface area (Å²) in [6, 6.07) is 6.33. The molecule has 0 bridgehead atoms. The minimum Gasteiger partial charge on any atom is -0.477 e. The van der Waals surface area contributed by atoms with Crippen molar-refractivity contribution in [1.29, 1.82) is 0 Å². The van der Waals surface area contributed by atoms with Crippen molar-refractivity contribution in [2.24, 2.45) is 0 Å². The van der Waals surface area contributed by atoms with E-state index in [0.717, 1.165) is 23.1 Å². The van der Waals surface area contributed by atoms with Gasteiger partial charge < -0.3 is 10.1 Å². The van der Waals surface area contributed by atoms with Crippen molar-refractivity contribution in [2.75, 3.05) is 13.6 Å². The summed E-state index contributed by atoms with van der Waals surface area (Å²) in [4.78, 5) is 16.7. The van der Waals surface area contributed by atoms with Gasteiger partial charge in [0.15, 0.2) is 0 Å². The van der Waals surface area contributed by atoms with E-state index in [0.29, 0.717) is 12.1 Å². The van der Waals surface area contributed by atoms with Gasteiger partial charge in [-0.2, -0.15) is 0 Å². The van der Waals surface area contributed by atoms with Gasteiger partial charge in [0.2, 0.25) is 0 Å². The molecule has 0 spiro atoms. The van der Waals surface area contributed by atoms with Crippen LogP contribution < -0.4 is 0 Å². The lowest BCUT2D eigenvalue weighted by Gasteiger charge is -2.35. The zero-order chi connectivity index (χ0) is 13.9. The van der Waals surface area contributed by atoms with Crippen molar-refractivity contribution in [3.8, 4) is 0 Å². The number of carbonyl (C=O) groups is 1. The van der Waals surface area contributed by atoms with Crippen molar-refractivity contribution in [3.63, 3.8) is 0 Å². The van der Waals surface area contributed by atoms with Crippen molar-refractivity contribution >= 4 is 22.4 Å². The maximum absolute atomic E-state index is 11.3.